The molecule has 0 unspecified atom stereocenters. The third-order valence-corrected chi connectivity index (χ3v) is 2.19. The van der Waals surface area contributed by atoms with E-state index in [1.807, 2.05) is 19.1 Å². The van der Waals surface area contributed by atoms with E-state index in [1.54, 1.807) is 6.20 Å². The molecule has 0 amide bonds. The fraction of sp³-hybridized carbons (Fsp3) is 0.273. The lowest BCUT2D eigenvalue weighted by Crippen LogP contribution is -1.98. The lowest BCUT2D eigenvalue weighted by atomic mass is 10.2. The van der Waals surface area contributed by atoms with Gasteiger partial charge in [0.1, 0.15) is 0 Å². The van der Waals surface area contributed by atoms with Gasteiger partial charge in [0.25, 0.3) is 5.89 Å². The van der Waals surface area contributed by atoms with E-state index in [1.165, 1.54) is 0 Å². The zero-order valence-corrected chi connectivity index (χ0v) is 9.25. The van der Waals surface area contributed by atoms with Crippen LogP contribution in [0.4, 0.5) is 0 Å². The Labute approximate surface area is 97.3 Å². The van der Waals surface area contributed by atoms with Gasteiger partial charge in [-0.1, -0.05) is 5.16 Å². The Balaban J connectivity index is 2.12. The summed E-state index contributed by atoms with van der Waals surface area (Å²) in [5.74, 6) is -0.130. The van der Waals surface area contributed by atoms with Crippen LogP contribution in [-0.4, -0.2) is 26.2 Å². The third-order valence-electron chi connectivity index (χ3n) is 2.19. The number of nitrogens with zero attached hydrogens (tertiary/aromatic N) is 3. The summed E-state index contributed by atoms with van der Waals surface area (Å²) < 4.78 is 5.03. The van der Waals surface area contributed by atoms with Gasteiger partial charge in [-0.05, 0) is 19.1 Å². The predicted octanol–water partition coefficient (Wildman–Crippen LogP) is 1.46. The molecule has 17 heavy (non-hydrogen) atoms. The number of hydrogen-bond donors (Lipinski definition) is 1. The van der Waals surface area contributed by atoms with Crippen LogP contribution in [0, 0.1) is 6.92 Å². The molecule has 0 aliphatic rings. The molecule has 2 heterocycles. The second kappa shape index (κ2) is 4.73. The Kier molecular flexibility index (Phi) is 3.13. The van der Waals surface area contributed by atoms with Gasteiger partial charge in [0.05, 0.1) is 12.0 Å². The molecule has 0 aliphatic carbocycles. The molecule has 0 saturated heterocycles. The Morgan fingerprint density at radius 2 is 2.29 bits per heavy atom. The van der Waals surface area contributed by atoms with E-state index < -0.39 is 5.97 Å². The van der Waals surface area contributed by atoms with Gasteiger partial charge in [0, 0.05) is 18.3 Å². The van der Waals surface area contributed by atoms with Crippen molar-refractivity contribution in [3.05, 3.63) is 29.8 Å². The van der Waals surface area contributed by atoms with Crippen LogP contribution in [-0.2, 0) is 11.2 Å². The third kappa shape index (κ3) is 2.87. The van der Waals surface area contributed by atoms with E-state index in [0.29, 0.717) is 11.7 Å². The van der Waals surface area contributed by atoms with Crippen LogP contribution in [0.15, 0.2) is 22.9 Å². The zero-order valence-electron chi connectivity index (χ0n) is 9.25. The van der Waals surface area contributed by atoms with Crippen LogP contribution in [0.5, 0.6) is 0 Å². The van der Waals surface area contributed by atoms with Gasteiger partial charge in [0.15, 0.2) is 5.82 Å². The summed E-state index contributed by atoms with van der Waals surface area (Å²) in [4.78, 5) is 18.6. The summed E-state index contributed by atoms with van der Waals surface area (Å²) in [6.07, 6.45) is 1.90. The van der Waals surface area contributed by atoms with Crippen molar-refractivity contribution >= 4 is 5.97 Å². The average Bonchev–Trinajstić information content (AvgIpc) is 2.76. The van der Waals surface area contributed by atoms with Gasteiger partial charge in [-0.3, -0.25) is 9.78 Å². The Morgan fingerprint density at radius 1 is 1.47 bits per heavy atom. The van der Waals surface area contributed by atoms with Gasteiger partial charge in [-0.25, -0.2) is 0 Å². The summed E-state index contributed by atoms with van der Waals surface area (Å²) in [6.45, 7) is 1.88. The molecule has 2 aromatic rings. The highest BCUT2D eigenvalue weighted by Crippen LogP contribution is 2.16. The lowest BCUT2D eigenvalue weighted by Gasteiger charge is -1.93. The van der Waals surface area contributed by atoms with Gasteiger partial charge in [-0.15, -0.1) is 0 Å². The molecule has 0 aliphatic heterocycles. The van der Waals surface area contributed by atoms with Crippen molar-refractivity contribution in [1.29, 1.82) is 0 Å². The summed E-state index contributed by atoms with van der Waals surface area (Å²) in [5, 5.41) is 12.2. The zero-order chi connectivity index (χ0) is 12.3. The number of carboxylic acids is 1. The molecule has 0 saturated carbocycles. The van der Waals surface area contributed by atoms with E-state index in [4.69, 9.17) is 9.63 Å². The molecular weight excluding hydrogens is 222 g/mol. The van der Waals surface area contributed by atoms with E-state index in [-0.39, 0.29) is 12.8 Å². The van der Waals surface area contributed by atoms with E-state index in [2.05, 4.69) is 15.1 Å². The predicted molar refractivity (Wildman–Crippen MR) is 58.2 cm³/mol. The summed E-state index contributed by atoms with van der Waals surface area (Å²) in [7, 11) is 0. The number of carboxylic acid groups (broad SMARTS) is 1. The van der Waals surface area contributed by atoms with E-state index in [0.717, 1.165) is 11.3 Å². The second-order valence-electron chi connectivity index (χ2n) is 3.60. The molecule has 88 valence electrons. The monoisotopic (exact) mass is 233 g/mol. The first-order valence-corrected chi connectivity index (χ1v) is 5.12. The number of aromatic nitrogens is 3. The fourth-order valence-electron chi connectivity index (χ4n) is 1.29. The molecule has 0 fully saturated rings. The van der Waals surface area contributed by atoms with Crippen LogP contribution >= 0.6 is 0 Å². The quantitative estimate of drug-likeness (QED) is 0.859. The van der Waals surface area contributed by atoms with Gasteiger partial charge in [0.2, 0.25) is 0 Å². The van der Waals surface area contributed by atoms with E-state index >= 15 is 0 Å². The maximum absolute atomic E-state index is 10.4. The van der Waals surface area contributed by atoms with Crippen molar-refractivity contribution in [3.8, 4) is 11.5 Å². The molecule has 6 nitrogen and oxygen atoms in total. The van der Waals surface area contributed by atoms with Crippen molar-refractivity contribution < 1.29 is 14.4 Å². The molecule has 0 bridgehead atoms. The van der Waals surface area contributed by atoms with E-state index in [9.17, 15) is 4.79 Å². The molecule has 0 atom stereocenters. The SMILES string of the molecule is Cc1ccc(-c2nc(CCC(=O)O)no2)cn1. The van der Waals surface area contributed by atoms with Crippen LogP contribution < -0.4 is 0 Å². The van der Waals surface area contributed by atoms with Crippen molar-refractivity contribution in [3.63, 3.8) is 0 Å². The maximum atomic E-state index is 10.4. The summed E-state index contributed by atoms with van der Waals surface area (Å²) >= 11 is 0. The van der Waals surface area contributed by atoms with Crippen molar-refractivity contribution in [2.75, 3.05) is 0 Å². The number of pyridine rings is 1. The summed E-state index contributed by atoms with van der Waals surface area (Å²) in [5.41, 5.74) is 1.63. The Hall–Kier alpha value is -2.24. The summed E-state index contributed by atoms with van der Waals surface area (Å²) in [6, 6.07) is 3.67. The first-order chi connectivity index (χ1) is 8.15. The second-order valence-corrected chi connectivity index (χ2v) is 3.60. The highest BCUT2D eigenvalue weighted by atomic mass is 16.5. The number of hydrogen-bond acceptors (Lipinski definition) is 5. The van der Waals surface area contributed by atoms with Gasteiger partial charge >= 0.3 is 5.97 Å². The Bertz CT molecular complexity index is 519. The van der Waals surface area contributed by atoms with Crippen LogP contribution in [0.3, 0.4) is 0 Å². The van der Waals surface area contributed by atoms with Gasteiger partial charge in [-0.2, -0.15) is 4.98 Å². The first-order valence-electron chi connectivity index (χ1n) is 5.12. The van der Waals surface area contributed by atoms with Gasteiger partial charge < -0.3 is 9.63 Å². The minimum absolute atomic E-state index is 0.00881. The minimum atomic E-state index is -0.881. The average molecular weight is 233 g/mol. The highest BCUT2D eigenvalue weighted by Gasteiger charge is 2.10. The van der Waals surface area contributed by atoms with Crippen LogP contribution in [0.1, 0.15) is 17.9 Å². The Morgan fingerprint density at radius 3 is 2.94 bits per heavy atom. The largest absolute Gasteiger partial charge is 0.481 e. The number of carbonyl (C=O) groups is 1. The molecular formula is C11H11N3O3. The van der Waals surface area contributed by atoms with Crippen LogP contribution in [0.25, 0.3) is 11.5 Å². The minimum Gasteiger partial charge on any atom is -0.481 e. The molecule has 2 aromatic heterocycles. The molecule has 0 radical (unpaired) electrons. The highest BCUT2D eigenvalue weighted by molar-refractivity contribution is 5.66. The molecule has 2 rings (SSSR count). The normalized spacial score (nSPS) is 10.4. The van der Waals surface area contributed by atoms with Crippen molar-refractivity contribution in [2.45, 2.75) is 19.8 Å². The first kappa shape index (κ1) is 11.3. The van der Waals surface area contributed by atoms with Crippen molar-refractivity contribution in [1.82, 2.24) is 15.1 Å². The number of rotatable bonds is 4. The maximum Gasteiger partial charge on any atom is 0.303 e. The molecule has 1 N–H and O–H groups in total. The molecule has 6 heteroatoms. The van der Waals surface area contributed by atoms with Crippen LogP contribution in [0.2, 0.25) is 0 Å². The number of aryl methyl sites for hydroxylation is 2. The number of aliphatic carboxylic acids is 1. The smallest absolute Gasteiger partial charge is 0.303 e. The topological polar surface area (TPSA) is 89.1 Å². The fourth-order valence-corrected chi connectivity index (χ4v) is 1.29. The molecule has 0 aromatic carbocycles. The standard InChI is InChI=1S/C11H11N3O3/c1-7-2-3-8(6-12-7)11-13-9(14-17-11)4-5-10(15)16/h2-3,6H,4-5H2,1H3,(H,15,16). The lowest BCUT2D eigenvalue weighted by molar-refractivity contribution is -0.137. The van der Waals surface area contributed by atoms with Crippen molar-refractivity contribution in [2.24, 2.45) is 0 Å². The molecule has 0 spiro atoms.